The van der Waals surface area contributed by atoms with E-state index in [0.717, 1.165) is 33.0 Å². The summed E-state index contributed by atoms with van der Waals surface area (Å²) in [5.41, 5.74) is 3.74. The molecule has 2 aromatic carbocycles. The number of para-hydroxylation sites is 1. The molecule has 23 heavy (non-hydrogen) atoms. The van der Waals surface area contributed by atoms with Crippen molar-refractivity contribution in [1.29, 1.82) is 5.26 Å². The maximum absolute atomic E-state index is 9.53. The fraction of sp³-hybridized carbons (Fsp3) is 0.158. The summed E-state index contributed by atoms with van der Waals surface area (Å²) >= 11 is 1.55. The third kappa shape index (κ3) is 2.60. The third-order valence-corrected chi connectivity index (χ3v) is 4.95. The molecule has 0 aliphatic carbocycles. The van der Waals surface area contributed by atoms with Crippen molar-refractivity contribution in [2.75, 3.05) is 0 Å². The van der Waals surface area contributed by atoms with E-state index in [-0.39, 0.29) is 6.10 Å². The van der Waals surface area contributed by atoms with Crippen LogP contribution >= 0.6 is 11.3 Å². The van der Waals surface area contributed by atoms with Crippen molar-refractivity contribution in [2.45, 2.75) is 19.4 Å². The van der Waals surface area contributed by atoms with E-state index in [4.69, 9.17) is 4.74 Å². The van der Waals surface area contributed by atoms with Gasteiger partial charge in [0.1, 0.15) is 22.9 Å². The lowest BCUT2D eigenvalue weighted by Crippen LogP contribution is -2.05. The Bertz CT molecular complexity index is 932. The van der Waals surface area contributed by atoms with Gasteiger partial charge in [-0.1, -0.05) is 18.2 Å². The number of nitrogens with zero attached hydrogens (tertiary/aromatic N) is 2. The van der Waals surface area contributed by atoms with Crippen LogP contribution in [0.4, 0.5) is 0 Å². The van der Waals surface area contributed by atoms with Gasteiger partial charge in [0, 0.05) is 6.42 Å². The second-order valence-electron chi connectivity index (χ2n) is 5.66. The molecule has 1 aliphatic rings. The van der Waals surface area contributed by atoms with Crippen molar-refractivity contribution in [3.8, 4) is 11.8 Å². The number of ether oxygens (including phenoxy) is 1. The molecule has 0 fully saturated rings. The van der Waals surface area contributed by atoms with Gasteiger partial charge in [0.2, 0.25) is 0 Å². The van der Waals surface area contributed by atoms with E-state index < -0.39 is 0 Å². The topological polar surface area (TPSA) is 45.9 Å². The predicted molar refractivity (Wildman–Crippen MR) is 93.3 cm³/mol. The van der Waals surface area contributed by atoms with Crippen LogP contribution in [0.2, 0.25) is 0 Å². The molecule has 0 saturated heterocycles. The number of hydrogen-bond donors (Lipinski definition) is 0. The SMILES string of the molecule is CC1Cc2cc(/C=C(\C#N)c3nc4ccccc4s3)ccc2O1. The molecule has 0 bridgehead atoms. The van der Waals surface area contributed by atoms with Crippen molar-refractivity contribution in [3.63, 3.8) is 0 Å². The van der Waals surface area contributed by atoms with Gasteiger partial charge < -0.3 is 4.74 Å². The van der Waals surface area contributed by atoms with Gasteiger partial charge >= 0.3 is 0 Å². The van der Waals surface area contributed by atoms with E-state index in [1.807, 2.05) is 42.5 Å². The lowest BCUT2D eigenvalue weighted by Gasteiger charge is -2.02. The summed E-state index contributed by atoms with van der Waals surface area (Å²) in [5.74, 6) is 0.952. The van der Waals surface area contributed by atoms with Crippen LogP contribution in [0.25, 0.3) is 21.9 Å². The molecule has 3 nitrogen and oxygen atoms in total. The zero-order valence-corrected chi connectivity index (χ0v) is 13.4. The highest BCUT2D eigenvalue weighted by Crippen LogP contribution is 2.32. The average Bonchev–Trinajstić information content (AvgIpc) is 3.14. The second-order valence-corrected chi connectivity index (χ2v) is 6.69. The lowest BCUT2D eigenvalue weighted by atomic mass is 10.1. The van der Waals surface area contributed by atoms with Crippen molar-refractivity contribution in [2.24, 2.45) is 0 Å². The van der Waals surface area contributed by atoms with E-state index in [1.54, 1.807) is 11.3 Å². The van der Waals surface area contributed by atoms with Gasteiger partial charge in [0.25, 0.3) is 0 Å². The molecule has 0 amide bonds. The van der Waals surface area contributed by atoms with E-state index in [0.29, 0.717) is 5.57 Å². The number of nitriles is 1. The summed E-state index contributed by atoms with van der Waals surface area (Å²) < 4.78 is 6.82. The summed E-state index contributed by atoms with van der Waals surface area (Å²) in [6, 6.07) is 16.3. The van der Waals surface area contributed by atoms with Gasteiger partial charge in [0.05, 0.1) is 15.8 Å². The normalized spacial score (nSPS) is 16.9. The highest BCUT2D eigenvalue weighted by molar-refractivity contribution is 7.19. The molecule has 0 radical (unpaired) electrons. The molecule has 4 heteroatoms. The van der Waals surface area contributed by atoms with Crippen LogP contribution in [0.5, 0.6) is 5.75 Å². The van der Waals surface area contributed by atoms with E-state index >= 15 is 0 Å². The lowest BCUT2D eigenvalue weighted by molar-refractivity contribution is 0.254. The number of benzene rings is 2. The molecule has 1 atom stereocenters. The molecule has 3 aromatic rings. The van der Waals surface area contributed by atoms with Crippen molar-refractivity contribution >= 4 is 33.2 Å². The molecular weight excluding hydrogens is 304 g/mol. The largest absolute Gasteiger partial charge is 0.490 e. The standard InChI is InChI=1S/C19H14N2OS/c1-12-8-14-9-13(6-7-17(14)22-12)10-15(11-20)19-21-16-4-2-3-5-18(16)23-19/h2-7,9-10,12H,8H2,1H3/b15-10+. The molecule has 0 saturated carbocycles. The van der Waals surface area contributed by atoms with Crippen molar-refractivity contribution < 1.29 is 4.74 Å². The molecular formula is C19H14N2OS. The maximum Gasteiger partial charge on any atom is 0.135 e. The molecule has 0 N–H and O–H groups in total. The first-order valence-electron chi connectivity index (χ1n) is 7.50. The first kappa shape index (κ1) is 14.0. The van der Waals surface area contributed by atoms with E-state index in [1.165, 1.54) is 5.56 Å². The van der Waals surface area contributed by atoms with Gasteiger partial charge in [-0.25, -0.2) is 4.98 Å². The Balaban J connectivity index is 1.74. The average molecular weight is 318 g/mol. The Morgan fingerprint density at radius 3 is 3.04 bits per heavy atom. The fourth-order valence-electron chi connectivity index (χ4n) is 2.83. The zero-order valence-electron chi connectivity index (χ0n) is 12.6. The Morgan fingerprint density at radius 1 is 1.35 bits per heavy atom. The smallest absolute Gasteiger partial charge is 0.135 e. The minimum Gasteiger partial charge on any atom is -0.490 e. The molecule has 112 valence electrons. The molecule has 0 spiro atoms. The van der Waals surface area contributed by atoms with E-state index in [9.17, 15) is 5.26 Å². The predicted octanol–water partition coefficient (Wildman–Crippen LogP) is 4.68. The third-order valence-electron chi connectivity index (χ3n) is 3.88. The molecule has 4 rings (SSSR count). The van der Waals surface area contributed by atoms with Crippen molar-refractivity contribution in [1.82, 2.24) is 4.98 Å². The Morgan fingerprint density at radius 2 is 2.22 bits per heavy atom. The number of allylic oxidation sites excluding steroid dienone is 1. The van der Waals surface area contributed by atoms with Crippen LogP contribution < -0.4 is 4.74 Å². The van der Waals surface area contributed by atoms with Gasteiger partial charge in [-0.2, -0.15) is 5.26 Å². The minimum absolute atomic E-state index is 0.226. The molecule has 1 unspecified atom stereocenters. The van der Waals surface area contributed by atoms with Gasteiger partial charge in [0.15, 0.2) is 0 Å². The van der Waals surface area contributed by atoms with Gasteiger partial charge in [-0.3, -0.25) is 0 Å². The quantitative estimate of drug-likeness (QED) is 0.644. The Labute approximate surface area is 138 Å². The summed E-state index contributed by atoms with van der Waals surface area (Å²) in [7, 11) is 0. The van der Waals surface area contributed by atoms with Crippen molar-refractivity contribution in [3.05, 3.63) is 58.6 Å². The molecule has 2 heterocycles. The zero-order chi connectivity index (χ0) is 15.8. The van der Waals surface area contributed by atoms with Crippen LogP contribution in [0, 0.1) is 11.3 Å². The summed E-state index contributed by atoms with van der Waals surface area (Å²) in [6.45, 7) is 2.07. The fourth-order valence-corrected chi connectivity index (χ4v) is 3.76. The first-order valence-corrected chi connectivity index (χ1v) is 8.32. The first-order chi connectivity index (χ1) is 11.2. The molecule has 1 aliphatic heterocycles. The number of aromatic nitrogens is 1. The Hall–Kier alpha value is -2.64. The van der Waals surface area contributed by atoms with Gasteiger partial charge in [-0.15, -0.1) is 11.3 Å². The number of thiazole rings is 1. The Kier molecular flexibility index (Phi) is 3.36. The molecule has 1 aromatic heterocycles. The number of rotatable bonds is 2. The summed E-state index contributed by atoms with van der Waals surface area (Å²) in [6.07, 6.45) is 3.05. The monoisotopic (exact) mass is 318 g/mol. The van der Waals surface area contributed by atoms with Crippen LogP contribution in [-0.4, -0.2) is 11.1 Å². The van der Waals surface area contributed by atoms with Gasteiger partial charge in [-0.05, 0) is 48.4 Å². The number of hydrogen-bond acceptors (Lipinski definition) is 4. The maximum atomic E-state index is 9.53. The summed E-state index contributed by atoms with van der Waals surface area (Å²) in [5, 5.41) is 10.3. The van der Waals surface area contributed by atoms with E-state index in [2.05, 4.69) is 24.0 Å². The van der Waals surface area contributed by atoms with Crippen LogP contribution in [-0.2, 0) is 6.42 Å². The highest BCUT2D eigenvalue weighted by Gasteiger charge is 2.18. The highest BCUT2D eigenvalue weighted by atomic mass is 32.1. The minimum atomic E-state index is 0.226. The van der Waals surface area contributed by atoms with Crippen LogP contribution in [0.15, 0.2) is 42.5 Å². The van der Waals surface area contributed by atoms with Crippen LogP contribution in [0.3, 0.4) is 0 Å². The summed E-state index contributed by atoms with van der Waals surface area (Å²) in [4.78, 5) is 4.57. The van der Waals surface area contributed by atoms with Crippen LogP contribution in [0.1, 0.15) is 23.1 Å². The second kappa shape index (κ2) is 5.53. The number of fused-ring (bicyclic) bond motifs is 2.